The van der Waals surface area contributed by atoms with Gasteiger partial charge in [-0.3, -0.25) is 47.9 Å². The van der Waals surface area contributed by atoms with E-state index in [1.807, 2.05) is 0 Å². The van der Waals surface area contributed by atoms with E-state index in [4.69, 9.17) is 15.9 Å². The minimum atomic E-state index is -1.47. The van der Waals surface area contributed by atoms with Crippen LogP contribution in [0.5, 0.6) is 0 Å². The maximum absolute atomic E-state index is 13.9. The summed E-state index contributed by atoms with van der Waals surface area (Å²) < 4.78 is 0. The lowest BCUT2D eigenvalue weighted by atomic mass is 10.00. The largest absolute Gasteiger partial charge is 0.481 e. The van der Waals surface area contributed by atoms with E-state index >= 15 is 0 Å². The summed E-state index contributed by atoms with van der Waals surface area (Å²) in [5, 5.41) is 34.8. The molecule has 56 heavy (non-hydrogen) atoms. The number of thiol groups is 1. The summed E-state index contributed by atoms with van der Waals surface area (Å²) in [6, 6.07) is 0.548. The lowest BCUT2D eigenvalue weighted by Crippen LogP contribution is -2.60. The molecule has 8 amide bonds. The number of carbonyl (C=O) groups is 10. The standard InChI is InChI=1S/C35H52N8O12S/c1-18(2)14-24(41-30(50)19(3)38-32(52)22(39-20(4)44)11-13-28(46)47)34(54)42-25(15-21-8-6-5-7-9-21)35(55)40-23(10-12-27(36)45)33(53)43-26(17-56)31(51)37-16-29(48)49/h5-9,18-19,22-26,56H,10-17H2,1-4H3,(H2,36,45)(H,37,51)(H,38,52)(H,39,44)(H,40,55)(H,41,50)(H,42,54)(H,43,53)(H,46,47)(H,48,49)/t19-,22-,23-,24-,25-,26-/m0/s1. The van der Waals surface area contributed by atoms with Gasteiger partial charge in [-0.1, -0.05) is 44.2 Å². The van der Waals surface area contributed by atoms with Gasteiger partial charge < -0.3 is 53.2 Å². The van der Waals surface area contributed by atoms with Gasteiger partial charge in [0.25, 0.3) is 0 Å². The molecule has 310 valence electrons. The molecule has 20 nitrogen and oxygen atoms in total. The van der Waals surface area contributed by atoms with Crippen LogP contribution in [-0.4, -0.2) is 118 Å². The van der Waals surface area contributed by atoms with Crippen LogP contribution in [0.15, 0.2) is 30.3 Å². The van der Waals surface area contributed by atoms with E-state index < -0.39 is 108 Å². The second kappa shape index (κ2) is 24.6. The summed E-state index contributed by atoms with van der Waals surface area (Å²) >= 11 is 4.04. The number of amides is 8. The first-order valence-electron chi connectivity index (χ1n) is 17.7. The van der Waals surface area contributed by atoms with Crippen LogP contribution in [0.4, 0.5) is 0 Å². The molecule has 11 N–H and O–H groups in total. The van der Waals surface area contributed by atoms with Crippen LogP contribution in [-0.2, 0) is 54.4 Å². The molecule has 0 radical (unpaired) electrons. The van der Waals surface area contributed by atoms with Crippen molar-refractivity contribution in [2.75, 3.05) is 12.3 Å². The molecule has 0 spiro atoms. The molecule has 0 heterocycles. The van der Waals surface area contributed by atoms with Crippen molar-refractivity contribution < 1.29 is 58.2 Å². The quantitative estimate of drug-likeness (QED) is 0.0457. The highest BCUT2D eigenvalue weighted by molar-refractivity contribution is 7.80. The fraction of sp³-hybridized carbons (Fsp3) is 0.543. The van der Waals surface area contributed by atoms with Gasteiger partial charge in [-0.25, -0.2) is 0 Å². The molecule has 0 unspecified atom stereocenters. The van der Waals surface area contributed by atoms with Crippen molar-refractivity contribution >= 4 is 71.8 Å². The van der Waals surface area contributed by atoms with Crippen molar-refractivity contribution in [2.24, 2.45) is 11.7 Å². The van der Waals surface area contributed by atoms with Crippen molar-refractivity contribution in [3.05, 3.63) is 35.9 Å². The Morgan fingerprint density at radius 3 is 1.66 bits per heavy atom. The molecular formula is C35H52N8O12S. The Morgan fingerprint density at radius 1 is 0.625 bits per heavy atom. The number of benzene rings is 1. The molecule has 1 aromatic rings. The second-order valence-electron chi connectivity index (χ2n) is 13.3. The predicted octanol–water partition coefficient (Wildman–Crippen LogP) is -2.52. The minimum absolute atomic E-state index is 0.0732. The smallest absolute Gasteiger partial charge is 0.322 e. The number of carbonyl (C=O) groups excluding carboxylic acids is 8. The fourth-order valence-corrected chi connectivity index (χ4v) is 5.33. The lowest BCUT2D eigenvalue weighted by molar-refractivity contribution is -0.139. The topological polar surface area (TPSA) is 321 Å². The summed E-state index contributed by atoms with van der Waals surface area (Å²) in [6.45, 7) is 5.26. The van der Waals surface area contributed by atoms with Gasteiger partial charge in [0.15, 0.2) is 0 Å². The highest BCUT2D eigenvalue weighted by Gasteiger charge is 2.33. The normalized spacial score (nSPS) is 14.0. The zero-order valence-electron chi connectivity index (χ0n) is 31.6. The predicted molar refractivity (Wildman–Crippen MR) is 202 cm³/mol. The average molecular weight is 809 g/mol. The summed E-state index contributed by atoms with van der Waals surface area (Å²) in [5.74, 6) is -9.50. The third kappa shape index (κ3) is 19.0. The highest BCUT2D eigenvalue weighted by Crippen LogP contribution is 2.10. The Kier molecular flexibility index (Phi) is 21.2. The second-order valence-corrected chi connectivity index (χ2v) is 13.6. The van der Waals surface area contributed by atoms with Gasteiger partial charge in [0.05, 0.1) is 0 Å². The van der Waals surface area contributed by atoms with Crippen molar-refractivity contribution in [3.63, 3.8) is 0 Å². The van der Waals surface area contributed by atoms with Crippen LogP contribution in [0.25, 0.3) is 0 Å². The molecule has 0 bridgehead atoms. The zero-order valence-corrected chi connectivity index (χ0v) is 32.5. The van der Waals surface area contributed by atoms with Crippen LogP contribution in [0, 0.1) is 5.92 Å². The molecular weight excluding hydrogens is 756 g/mol. The number of hydrogen-bond donors (Lipinski definition) is 11. The molecule has 21 heteroatoms. The van der Waals surface area contributed by atoms with Gasteiger partial charge in [0, 0.05) is 31.9 Å². The molecule has 0 aliphatic rings. The lowest BCUT2D eigenvalue weighted by Gasteiger charge is -2.27. The maximum Gasteiger partial charge on any atom is 0.322 e. The third-order valence-corrected chi connectivity index (χ3v) is 8.26. The number of rotatable bonds is 25. The van der Waals surface area contributed by atoms with Gasteiger partial charge in [-0.2, -0.15) is 12.6 Å². The molecule has 0 aromatic heterocycles. The van der Waals surface area contributed by atoms with E-state index in [0.717, 1.165) is 6.92 Å². The Bertz CT molecular complexity index is 1580. The monoisotopic (exact) mass is 808 g/mol. The van der Waals surface area contributed by atoms with E-state index in [1.165, 1.54) is 6.92 Å². The first-order valence-corrected chi connectivity index (χ1v) is 18.3. The first-order chi connectivity index (χ1) is 26.2. The van der Waals surface area contributed by atoms with Gasteiger partial charge in [0.1, 0.15) is 42.8 Å². The molecule has 0 saturated heterocycles. The molecule has 0 fully saturated rings. The number of carboxylic acids is 2. The summed E-state index contributed by atoms with van der Waals surface area (Å²) in [4.78, 5) is 125. The summed E-state index contributed by atoms with van der Waals surface area (Å²) in [6.07, 6.45) is -1.40. The number of aliphatic carboxylic acids is 2. The summed E-state index contributed by atoms with van der Waals surface area (Å²) in [5.41, 5.74) is 5.89. The number of hydrogen-bond acceptors (Lipinski definition) is 11. The molecule has 0 aliphatic carbocycles. The van der Waals surface area contributed by atoms with Gasteiger partial charge >= 0.3 is 11.9 Å². The Balaban J connectivity index is 3.31. The van der Waals surface area contributed by atoms with Gasteiger partial charge in [-0.15, -0.1) is 0 Å². The highest BCUT2D eigenvalue weighted by atomic mass is 32.1. The minimum Gasteiger partial charge on any atom is -0.481 e. The summed E-state index contributed by atoms with van der Waals surface area (Å²) in [7, 11) is 0. The van der Waals surface area contributed by atoms with Crippen LogP contribution >= 0.6 is 12.6 Å². The van der Waals surface area contributed by atoms with Crippen LogP contribution < -0.4 is 43.0 Å². The van der Waals surface area contributed by atoms with Crippen LogP contribution in [0.3, 0.4) is 0 Å². The van der Waals surface area contributed by atoms with E-state index in [-0.39, 0.29) is 43.8 Å². The van der Waals surface area contributed by atoms with Gasteiger partial charge in [0.2, 0.25) is 47.3 Å². The number of carboxylic acid groups (broad SMARTS) is 2. The molecule has 1 aromatic carbocycles. The van der Waals surface area contributed by atoms with E-state index in [2.05, 4.69) is 49.8 Å². The fourth-order valence-electron chi connectivity index (χ4n) is 5.07. The van der Waals surface area contributed by atoms with Gasteiger partial charge in [-0.05, 0) is 37.7 Å². The van der Waals surface area contributed by atoms with Crippen LogP contribution in [0.2, 0.25) is 0 Å². The van der Waals surface area contributed by atoms with Crippen molar-refractivity contribution in [2.45, 2.75) is 102 Å². The third-order valence-electron chi connectivity index (χ3n) is 7.89. The SMILES string of the molecule is CC(=O)N[C@@H](CCC(=O)O)C(=O)N[C@@H](C)C(=O)N[C@@H](CC(C)C)C(=O)N[C@@H](Cc1ccccc1)C(=O)N[C@@H](CCC(N)=O)C(=O)N[C@@H](CS)C(=O)NCC(=O)O. The molecule has 0 saturated carbocycles. The number of nitrogens with one attached hydrogen (secondary N) is 7. The van der Waals surface area contributed by atoms with E-state index in [1.54, 1.807) is 44.2 Å². The molecule has 6 atom stereocenters. The number of primary amides is 1. The van der Waals surface area contributed by atoms with Crippen molar-refractivity contribution in [1.29, 1.82) is 0 Å². The Morgan fingerprint density at radius 2 is 1.12 bits per heavy atom. The van der Waals surface area contributed by atoms with E-state index in [9.17, 15) is 47.9 Å². The zero-order chi connectivity index (χ0) is 42.5. The molecule has 0 aliphatic heterocycles. The van der Waals surface area contributed by atoms with Crippen molar-refractivity contribution in [1.82, 2.24) is 37.2 Å². The molecule has 1 rings (SSSR count). The first kappa shape index (κ1) is 48.3. The van der Waals surface area contributed by atoms with Crippen LogP contribution in [0.1, 0.15) is 65.4 Å². The van der Waals surface area contributed by atoms with Crippen molar-refractivity contribution in [3.8, 4) is 0 Å². The Labute approximate surface area is 329 Å². The number of nitrogens with two attached hydrogens (primary N) is 1. The maximum atomic E-state index is 13.9. The average Bonchev–Trinajstić information content (AvgIpc) is 3.11. The van der Waals surface area contributed by atoms with E-state index in [0.29, 0.717) is 5.56 Å². The Hall–Kier alpha value is -5.73.